The van der Waals surface area contributed by atoms with E-state index in [2.05, 4.69) is 66.6 Å². The molecule has 1 aromatic carbocycles. The van der Waals surface area contributed by atoms with E-state index in [0.717, 1.165) is 30.0 Å². The Balaban J connectivity index is 1.29. The van der Waals surface area contributed by atoms with Crippen LogP contribution in [-0.4, -0.2) is 41.5 Å². The molecular formula is C28H40N2. The van der Waals surface area contributed by atoms with Gasteiger partial charge in [0.25, 0.3) is 0 Å². The van der Waals surface area contributed by atoms with Gasteiger partial charge in [0.2, 0.25) is 0 Å². The first-order valence-corrected chi connectivity index (χ1v) is 12.3. The van der Waals surface area contributed by atoms with E-state index < -0.39 is 0 Å². The van der Waals surface area contributed by atoms with E-state index in [4.69, 9.17) is 6.42 Å². The number of hydrogen-bond donors (Lipinski definition) is 0. The van der Waals surface area contributed by atoms with Crippen molar-refractivity contribution in [1.29, 1.82) is 0 Å². The molecule has 0 radical (unpaired) electrons. The average molecular weight is 405 g/mol. The molecular weight excluding hydrogens is 364 g/mol. The highest BCUT2D eigenvalue weighted by molar-refractivity contribution is 5.42. The number of fused-ring (bicyclic) bond motifs is 1. The largest absolute Gasteiger partial charge is 0.375 e. The van der Waals surface area contributed by atoms with Crippen molar-refractivity contribution in [1.82, 2.24) is 9.80 Å². The van der Waals surface area contributed by atoms with Crippen LogP contribution in [0, 0.1) is 24.2 Å². The van der Waals surface area contributed by atoms with Crippen molar-refractivity contribution >= 4 is 0 Å². The molecule has 3 aliphatic rings. The molecule has 4 atom stereocenters. The summed E-state index contributed by atoms with van der Waals surface area (Å²) in [5.74, 6) is 4.35. The molecule has 0 aromatic heterocycles. The van der Waals surface area contributed by atoms with Crippen molar-refractivity contribution in [3.05, 3.63) is 48.2 Å². The van der Waals surface area contributed by atoms with E-state index in [9.17, 15) is 0 Å². The zero-order valence-corrected chi connectivity index (χ0v) is 19.2. The van der Waals surface area contributed by atoms with Crippen molar-refractivity contribution in [3.63, 3.8) is 0 Å². The van der Waals surface area contributed by atoms with Gasteiger partial charge >= 0.3 is 0 Å². The minimum Gasteiger partial charge on any atom is -0.375 e. The molecule has 0 bridgehead atoms. The minimum atomic E-state index is 0.409. The standard InChI is InChI=1S/C28H40N2/c1-5-23-10-8-11-24(18-23)28-16-14-27(19-25(28)20-28)30(7-3)21-22(4)15-17-29(6-2)26-12-9-13-26/h1,7-8,10-11,18,22,25-27H,3,6,9,12-17,19-21H2,2,4H3. The Bertz CT molecular complexity index is 773. The van der Waals surface area contributed by atoms with E-state index in [0.29, 0.717) is 11.5 Å². The van der Waals surface area contributed by atoms with Crippen LogP contribution >= 0.6 is 0 Å². The zero-order valence-electron chi connectivity index (χ0n) is 19.2. The van der Waals surface area contributed by atoms with Gasteiger partial charge in [-0.2, -0.15) is 0 Å². The molecule has 0 N–H and O–H groups in total. The predicted molar refractivity (Wildman–Crippen MR) is 127 cm³/mol. The highest BCUT2D eigenvalue weighted by Crippen LogP contribution is 2.62. The third-order valence-electron chi connectivity index (χ3n) is 8.45. The Kier molecular flexibility index (Phi) is 6.59. The van der Waals surface area contributed by atoms with Crippen molar-refractivity contribution < 1.29 is 0 Å². The molecule has 0 aliphatic heterocycles. The molecule has 0 amide bonds. The first-order chi connectivity index (χ1) is 14.6. The van der Waals surface area contributed by atoms with Crippen LogP contribution in [0.5, 0.6) is 0 Å². The van der Waals surface area contributed by atoms with Crippen LogP contribution in [-0.2, 0) is 5.41 Å². The molecule has 3 saturated carbocycles. The van der Waals surface area contributed by atoms with Gasteiger partial charge in [-0.1, -0.05) is 44.9 Å². The molecule has 3 fully saturated rings. The highest BCUT2D eigenvalue weighted by Gasteiger charge is 2.57. The summed E-state index contributed by atoms with van der Waals surface area (Å²) in [6.07, 6.45) is 18.5. The summed E-state index contributed by atoms with van der Waals surface area (Å²) in [5, 5.41) is 0. The third kappa shape index (κ3) is 4.33. The van der Waals surface area contributed by atoms with Crippen molar-refractivity contribution in [2.75, 3.05) is 19.6 Å². The topological polar surface area (TPSA) is 6.48 Å². The maximum absolute atomic E-state index is 5.64. The monoisotopic (exact) mass is 404 g/mol. The van der Waals surface area contributed by atoms with Gasteiger partial charge in [-0.05, 0) is 99.2 Å². The second-order valence-corrected chi connectivity index (χ2v) is 10.2. The fraction of sp³-hybridized carbons (Fsp3) is 0.643. The van der Waals surface area contributed by atoms with E-state index >= 15 is 0 Å². The quantitative estimate of drug-likeness (QED) is 0.453. The summed E-state index contributed by atoms with van der Waals surface area (Å²) in [4.78, 5) is 5.28. The molecule has 4 unspecified atom stereocenters. The summed E-state index contributed by atoms with van der Waals surface area (Å²) in [7, 11) is 0. The number of hydrogen-bond acceptors (Lipinski definition) is 2. The molecule has 0 saturated heterocycles. The first kappa shape index (κ1) is 21.5. The number of terminal acetylenes is 1. The average Bonchev–Trinajstić information content (AvgIpc) is 3.48. The molecule has 0 spiro atoms. The number of benzene rings is 1. The molecule has 2 heteroatoms. The van der Waals surface area contributed by atoms with Crippen LogP contribution in [0.4, 0.5) is 0 Å². The molecule has 0 heterocycles. The van der Waals surface area contributed by atoms with Crippen LogP contribution in [0.25, 0.3) is 0 Å². The minimum absolute atomic E-state index is 0.409. The van der Waals surface area contributed by atoms with E-state index in [1.165, 1.54) is 70.0 Å². The fourth-order valence-electron chi connectivity index (χ4n) is 6.14. The molecule has 162 valence electrons. The van der Waals surface area contributed by atoms with Gasteiger partial charge in [0.15, 0.2) is 0 Å². The van der Waals surface area contributed by atoms with E-state index in [1.807, 2.05) is 0 Å². The lowest BCUT2D eigenvalue weighted by molar-refractivity contribution is 0.119. The van der Waals surface area contributed by atoms with Crippen molar-refractivity contribution in [3.8, 4) is 12.3 Å². The predicted octanol–water partition coefficient (Wildman–Crippen LogP) is 5.82. The molecule has 3 aliphatic carbocycles. The van der Waals surface area contributed by atoms with Gasteiger partial charge in [-0.3, -0.25) is 0 Å². The maximum Gasteiger partial charge on any atom is 0.0287 e. The molecule has 30 heavy (non-hydrogen) atoms. The Hall–Kier alpha value is -1.72. The Labute approximate surface area is 184 Å². The van der Waals surface area contributed by atoms with Gasteiger partial charge in [0, 0.05) is 24.2 Å². The second-order valence-electron chi connectivity index (χ2n) is 10.2. The number of rotatable bonds is 10. The summed E-state index contributed by atoms with van der Waals surface area (Å²) in [6.45, 7) is 12.6. The maximum atomic E-state index is 5.64. The van der Waals surface area contributed by atoms with Crippen molar-refractivity contribution in [2.24, 2.45) is 11.8 Å². The van der Waals surface area contributed by atoms with E-state index in [1.54, 1.807) is 0 Å². The van der Waals surface area contributed by atoms with Crippen LogP contribution in [0.3, 0.4) is 0 Å². The third-order valence-corrected chi connectivity index (χ3v) is 8.45. The van der Waals surface area contributed by atoms with Crippen molar-refractivity contribution in [2.45, 2.75) is 82.7 Å². The summed E-state index contributed by atoms with van der Waals surface area (Å²) in [5.41, 5.74) is 2.92. The highest BCUT2D eigenvalue weighted by atomic mass is 15.2. The summed E-state index contributed by atoms with van der Waals surface area (Å²) in [6, 6.07) is 10.3. The lowest BCUT2D eigenvalue weighted by Crippen LogP contribution is -2.42. The molecule has 2 nitrogen and oxygen atoms in total. The van der Waals surface area contributed by atoms with Crippen LogP contribution in [0.2, 0.25) is 0 Å². The zero-order chi connectivity index (χ0) is 21.1. The van der Waals surface area contributed by atoms with Crippen LogP contribution < -0.4 is 0 Å². The van der Waals surface area contributed by atoms with Gasteiger partial charge in [0.05, 0.1) is 0 Å². The smallest absolute Gasteiger partial charge is 0.0287 e. The Morgan fingerprint density at radius 1 is 1.30 bits per heavy atom. The lowest BCUT2D eigenvalue weighted by atomic mass is 9.80. The van der Waals surface area contributed by atoms with Crippen LogP contribution in [0.15, 0.2) is 37.0 Å². The first-order valence-electron chi connectivity index (χ1n) is 12.3. The van der Waals surface area contributed by atoms with Gasteiger partial charge in [-0.15, -0.1) is 6.42 Å². The fourth-order valence-corrected chi connectivity index (χ4v) is 6.14. The Morgan fingerprint density at radius 2 is 2.13 bits per heavy atom. The normalized spacial score (nSPS) is 28.9. The molecule has 4 rings (SSSR count). The number of nitrogens with zero attached hydrogens (tertiary/aromatic N) is 2. The van der Waals surface area contributed by atoms with Gasteiger partial charge in [-0.25, -0.2) is 0 Å². The van der Waals surface area contributed by atoms with Gasteiger partial charge in [0.1, 0.15) is 0 Å². The Morgan fingerprint density at radius 3 is 2.77 bits per heavy atom. The van der Waals surface area contributed by atoms with Gasteiger partial charge < -0.3 is 9.80 Å². The van der Waals surface area contributed by atoms with E-state index in [-0.39, 0.29) is 0 Å². The van der Waals surface area contributed by atoms with Crippen LogP contribution in [0.1, 0.15) is 76.3 Å². The summed E-state index contributed by atoms with van der Waals surface area (Å²) >= 11 is 0. The lowest BCUT2D eigenvalue weighted by Gasteiger charge is -2.39. The molecule has 1 aromatic rings. The summed E-state index contributed by atoms with van der Waals surface area (Å²) < 4.78 is 0. The second kappa shape index (κ2) is 9.19. The SMILES string of the molecule is C#Cc1cccc(C23CCC(N(C=C)CC(C)CCN(CC)C4CCC4)CC2C3)c1.